The summed E-state index contributed by atoms with van der Waals surface area (Å²) < 4.78 is 14.0. The first-order chi connectivity index (χ1) is 9.41. The van der Waals surface area contributed by atoms with E-state index in [1.54, 1.807) is 12.1 Å². The molecule has 1 nitrogen and oxygen atoms in total. The van der Waals surface area contributed by atoms with Gasteiger partial charge in [0.25, 0.3) is 0 Å². The Balaban J connectivity index is 2.16. The zero-order valence-electron chi connectivity index (χ0n) is 12.7. The fraction of sp³-hybridized carbons (Fsp3) is 0.647. The Morgan fingerprint density at radius 3 is 2.80 bits per heavy atom. The summed E-state index contributed by atoms with van der Waals surface area (Å²) in [6.45, 7) is 5.66. The molecule has 20 heavy (non-hydrogen) atoms. The second-order valence-corrected chi connectivity index (χ2v) is 7.36. The molecule has 1 N–H and O–H groups in total. The third-order valence-corrected chi connectivity index (χ3v) is 4.86. The van der Waals surface area contributed by atoms with Crippen molar-refractivity contribution in [3.63, 3.8) is 0 Å². The van der Waals surface area contributed by atoms with Gasteiger partial charge in [-0.25, -0.2) is 4.39 Å². The van der Waals surface area contributed by atoms with E-state index in [0.717, 1.165) is 24.9 Å². The van der Waals surface area contributed by atoms with E-state index in [0.29, 0.717) is 22.3 Å². The Bertz CT molecular complexity index is 458. The van der Waals surface area contributed by atoms with Crippen molar-refractivity contribution in [1.82, 2.24) is 5.32 Å². The number of hydrogen-bond acceptors (Lipinski definition) is 1. The van der Waals surface area contributed by atoms with Crippen LogP contribution >= 0.6 is 11.6 Å². The van der Waals surface area contributed by atoms with Crippen molar-refractivity contribution < 1.29 is 4.39 Å². The molecule has 1 aromatic carbocycles. The van der Waals surface area contributed by atoms with Crippen LogP contribution in [0.5, 0.6) is 0 Å². The van der Waals surface area contributed by atoms with E-state index in [9.17, 15) is 4.39 Å². The zero-order chi connectivity index (χ0) is 14.8. The Morgan fingerprint density at radius 1 is 1.35 bits per heavy atom. The van der Waals surface area contributed by atoms with Gasteiger partial charge in [0, 0.05) is 5.02 Å². The average molecular weight is 298 g/mol. The van der Waals surface area contributed by atoms with Gasteiger partial charge < -0.3 is 5.32 Å². The quantitative estimate of drug-likeness (QED) is 0.850. The Morgan fingerprint density at radius 2 is 2.10 bits per heavy atom. The molecule has 0 radical (unpaired) electrons. The van der Waals surface area contributed by atoms with Crippen molar-refractivity contribution in [3.8, 4) is 0 Å². The Kier molecular flexibility index (Phi) is 5.09. The fourth-order valence-electron chi connectivity index (χ4n) is 3.54. The van der Waals surface area contributed by atoms with E-state index in [1.807, 2.05) is 7.05 Å². The summed E-state index contributed by atoms with van der Waals surface area (Å²) in [6, 6.07) is 4.89. The molecular weight excluding hydrogens is 273 g/mol. The predicted octanol–water partition coefficient (Wildman–Crippen LogP) is 4.68. The second-order valence-electron chi connectivity index (χ2n) is 6.92. The molecule has 2 unspecified atom stereocenters. The lowest BCUT2D eigenvalue weighted by atomic mass is 9.65. The SMILES string of the molecule is CNCC1CCC(C)(C)CC1Cc1cc(Cl)ccc1F. The van der Waals surface area contributed by atoms with Crippen LogP contribution in [0.3, 0.4) is 0 Å². The van der Waals surface area contributed by atoms with Crippen LogP contribution in [-0.2, 0) is 6.42 Å². The van der Waals surface area contributed by atoms with Crippen LogP contribution < -0.4 is 5.32 Å². The zero-order valence-corrected chi connectivity index (χ0v) is 13.4. The van der Waals surface area contributed by atoms with Gasteiger partial charge in [-0.1, -0.05) is 25.4 Å². The molecule has 0 heterocycles. The molecule has 1 fully saturated rings. The summed E-state index contributed by atoms with van der Waals surface area (Å²) in [5.74, 6) is 1.03. The van der Waals surface area contributed by atoms with Crippen LogP contribution in [0.25, 0.3) is 0 Å². The minimum Gasteiger partial charge on any atom is -0.319 e. The number of rotatable bonds is 4. The van der Waals surface area contributed by atoms with Gasteiger partial charge >= 0.3 is 0 Å². The summed E-state index contributed by atoms with van der Waals surface area (Å²) in [6.07, 6.45) is 4.43. The minimum absolute atomic E-state index is 0.124. The third-order valence-electron chi connectivity index (χ3n) is 4.63. The number of nitrogens with one attached hydrogen (secondary N) is 1. The maximum atomic E-state index is 14.0. The molecule has 3 heteroatoms. The van der Waals surface area contributed by atoms with Crippen molar-refractivity contribution in [2.24, 2.45) is 17.3 Å². The summed E-state index contributed by atoms with van der Waals surface area (Å²) in [5.41, 5.74) is 1.13. The van der Waals surface area contributed by atoms with Crippen molar-refractivity contribution in [2.75, 3.05) is 13.6 Å². The van der Waals surface area contributed by atoms with Crippen LogP contribution in [0.1, 0.15) is 38.7 Å². The predicted molar refractivity (Wildman–Crippen MR) is 83.7 cm³/mol. The third kappa shape index (κ3) is 3.95. The van der Waals surface area contributed by atoms with Crippen LogP contribution in [0, 0.1) is 23.1 Å². The van der Waals surface area contributed by atoms with Gasteiger partial charge in [-0.3, -0.25) is 0 Å². The second kappa shape index (κ2) is 6.44. The number of halogens is 2. The molecule has 1 aliphatic carbocycles. The highest BCUT2D eigenvalue weighted by atomic mass is 35.5. The molecule has 2 rings (SSSR count). The van der Waals surface area contributed by atoms with E-state index in [1.165, 1.54) is 18.9 Å². The van der Waals surface area contributed by atoms with Crippen LogP contribution in [0.2, 0.25) is 5.02 Å². The first kappa shape index (κ1) is 15.8. The van der Waals surface area contributed by atoms with Gasteiger partial charge in [-0.2, -0.15) is 0 Å². The molecule has 0 bridgehead atoms. The summed E-state index contributed by atoms with van der Waals surface area (Å²) in [7, 11) is 2.00. The highest BCUT2D eigenvalue weighted by Crippen LogP contribution is 2.43. The fourth-order valence-corrected chi connectivity index (χ4v) is 3.74. The normalized spacial score (nSPS) is 25.6. The summed E-state index contributed by atoms with van der Waals surface area (Å²) in [4.78, 5) is 0. The molecule has 1 aliphatic rings. The molecule has 0 aromatic heterocycles. The van der Waals surface area contributed by atoms with Gasteiger partial charge in [-0.05, 0) is 80.3 Å². The van der Waals surface area contributed by atoms with E-state index in [2.05, 4.69) is 19.2 Å². The summed E-state index contributed by atoms with van der Waals surface area (Å²) >= 11 is 6.01. The standard InChI is InChI=1S/C17H25ClFN/c1-17(2)7-6-12(11-20-3)14(10-17)8-13-9-15(18)4-5-16(13)19/h4-5,9,12,14,20H,6-8,10-11H2,1-3H3. The molecule has 0 aliphatic heterocycles. The highest BCUT2D eigenvalue weighted by Gasteiger charge is 2.34. The molecule has 1 saturated carbocycles. The molecule has 112 valence electrons. The lowest BCUT2D eigenvalue weighted by Crippen LogP contribution is -2.36. The topological polar surface area (TPSA) is 12.0 Å². The average Bonchev–Trinajstić information content (AvgIpc) is 2.37. The largest absolute Gasteiger partial charge is 0.319 e. The molecule has 0 saturated heterocycles. The molecular formula is C17H25ClFN. The van der Waals surface area contributed by atoms with E-state index >= 15 is 0 Å². The van der Waals surface area contributed by atoms with Crippen molar-refractivity contribution in [1.29, 1.82) is 0 Å². The lowest BCUT2D eigenvalue weighted by Gasteiger charge is -2.41. The Labute approximate surface area is 126 Å². The van der Waals surface area contributed by atoms with Gasteiger partial charge in [0.05, 0.1) is 0 Å². The smallest absolute Gasteiger partial charge is 0.126 e. The van der Waals surface area contributed by atoms with Gasteiger partial charge in [0.1, 0.15) is 5.82 Å². The maximum absolute atomic E-state index is 14.0. The Hall–Kier alpha value is -0.600. The van der Waals surface area contributed by atoms with Gasteiger partial charge in [-0.15, -0.1) is 0 Å². The molecule has 0 spiro atoms. The molecule has 2 atom stereocenters. The van der Waals surface area contributed by atoms with Crippen LogP contribution in [0.15, 0.2) is 18.2 Å². The minimum atomic E-state index is -0.124. The lowest BCUT2D eigenvalue weighted by molar-refractivity contribution is 0.116. The monoisotopic (exact) mass is 297 g/mol. The van der Waals surface area contributed by atoms with Crippen molar-refractivity contribution in [3.05, 3.63) is 34.6 Å². The summed E-state index contributed by atoms with van der Waals surface area (Å²) in [5, 5.41) is 3.91. The van der Waals surface area contributed by atoms with E-state index in [4.69, 9.17) is 11.6 Å². The van der Waals surface area contributed by atoms with Crippen LogP contribution in [0.4, 0.5) is 4.39 Å². The number of hydrogen-bond donors (Lipinski definition) is 1. The van der Waals surface area contributed by atoms with E-state index in [-0.39, 0.29) is 5.82 Å². The maximum Gasteiger partial charge on any atom is 0.126 e. The van der Waals surface area contributed by atoms with Crippen LogP contribution in [-0.4, -0.2) is 13.6 Å². The van der Waals surface area contributed by atoms with Gasteiger partial charge in [0.2, 0.25) is 0 Å². The number of benzene rings is 1. The van der Waals surface area contributed by atoms with Crippen molar-refractivity contribution >= 4 is 11.6 Å². The first-order valence-corrected chi connectivity index (χ1v) is 7.87. The van der Waals surface area contributed by atoms with E-state index < -0.39 is 0 Å². The van der Waals surface area contributed by atoms with Gasteiger partial charge in [0.15, 0.2) is 0 Å². The molecule has 0 amide bonds. The highest BCUT2D eigenvalue weighted by molar-refractivity contribution is 6.30. The first-order valence-electron chi connectivity index (χ1n) is 7.50. The van der Waals surface area contributed by atoms with Crippen molar-refractivity contribution in [2.45, 2.75) is 39.5 Å². The molecule has 1 aromatic rings.